The van der Waals surface area contributed by atoms with Crippen molar-refractivity contribution in [2.45, 2.75) is 12.5 Å². The number of halogens is 4. The van der Waals surface area contributed by atoms with Crippen LogP contribution in [0.3, 0.4) is 0 Å². The van der Waals surface area contributed by atoms with E-state index in [2.05, 4.69) is 9.72 Å². The second kappa shape index (κ2) is 9.82. The lowest BCUT2D eigenvalue weighted by molar-refractivity contribution is -0.274. The van der Waals surface area contributed by atoms with Crippen LogP contribution in [-0.2, 0) is 9.53 Å². The molecule has 1 aliphatic heterocycles. The van der Waals surface area contributed by atoms with E-state index >= 15 is 0 Å². The highest BCUT2D eigenvalue weighted by Crippen LogP contribution is 2.24. The van der Waals surface area contributed by atoms with E-state index in [1.54, 1.807) is 29.3 Å². The Morgan fingerprint density at radius 3 is 2.93 bits per heavy atom. The Hall–Kier alpha value is -2.78. The van der Waals surface area contributed by atoms with Crippen molar-refractivity contribution in [1.82, 2.24) is 9.88 Å². The fourth-order valence-corrected chi connectivity index (χ4v) is 2.94. The summed E-state index contributed by atoms with van der Waals surface area (Å²) in [5.41, 5.74) is 0.407. The number of alkyl halides is 3. The highest BCUT2D eigenvalue weighted by molar-refractivity contribution is 6.30. The summed E-state index contributed by atoms with van der Waals surface area (Å²) in [6.45, 7) is 1.22. The lowest BCUT2D eigenvalue weighted by Gasteiger charge is -2.32. The van der Waals surface area contributed by atoms with E-state index in [1.165, 1.54) is 30.4 Å². The molecule has 6 nitrogen and oxygen atoms in total. The molecule has 1 amide bonds. The Morgan fingerprint density at radius 1 is 1.33 bits per heavy atom. The number of ether oxygens (including phenoxy) is 3. The fourth-order valence-electron chi connectivity index (χ4n) is 2.77. The molecule has 1 unspecified atom stereocenters. The van der Waals surface area contributed by atoms with Crippen LogP contribution in [0.25, 0.3) is 6.08 Å². The molecule has 1 aromatic carbocycles. The average Bonchev–Trinajstić information content (AvgIpc) is 2.71. The second-order valence-corrected chi connectivity index (χ2v) is 6.69. The summed E-state index contributed by atoms with van der Waals surface area (Å²) < 4.78 is 52.1. The van der Waals surface area contributed by atoms with Crippen molar-refractivity contribution in [1.29, 1.82) is 0 Å². The Bertz CT molecular complexity index is 908. The molecule has 0 bridgehead atoms. The number of hydrogen-bond acceptors (Lipinski definition) is 5. The Morgan fingerprint density at radius 2 is 2.17 bits per heavy atom. The van der Waals surface area contributed by atoms with Crippen molar-refractivity contribution in [2.75, 3.05) is 26.3 Å². The van der Waals surface area contributed by atoms with E-state index in [0.717, 1.165) is 0 Å². The molecule has 0 N–H and O–H groups in total. The molecule has 1 aromatic heterocycles. The van der Waals surface area contributed by atoms with Crippen molar-refractivity contribution < 1.29 is 32.2 Å². The van der Waals surface area contributed by atoms with Crippen LogP contribution in [0.5, 0.6) is 11.5 Å². The molecule has 1 fully saturated rings. The number of carbonyl (C=O) groups excluding carboxylic acids is 1. The molecule has 1 atom stereocenters. The molecule has 1 aliphatic rings. The van der Waals surface area contributed by atoms with Gasteiger partial charge in [0, 0.05) is 18.8 Å². The minimum absolute atomic E-state index is 0.190. The summed E-state index contributed by atoms with van der Waals surface area (Å²) in [7, 11) is 0. The largest absolute Gasteiger partial charge is 0.573 e. The van der Waals surface area contributed by atoms with Gasteiger partial charge in [0.1, 0.15) is 18.5 Å². The van der Waals surface area contributed by atoms with Gasteiger partial charge in [-0.2, -0.15) is 0 Å². The van der Waals surface area contributed by atoms with Crippen LogP contribution in [0.1, 0.15) is 5.56 Å². The number of rotatable bonds is 6. The van der Waals surface area contributed by atoms with E-state index in [0.29, 0.717) is 31.0 Å². The van der Waals surface area contributed by atoms with E-state index in [4.69, 9.17) is 21.1 Å². The monoisotopic (exact) mass is 442 g/mol. The maximum Gasteiger partial charge on any atom is 0.573 e. The number of amides is 1. The SMILES string of the molecule is O=C(/C=C/c1cccc(OC(F)(F)F)c1)N1CCOC(COc2cccnc2Cl)C1. The molecule has 10 heteroatoms. The first-order valence-electron chi connectivity index (χ1n) is 8.98. The van der Waals surface area contributed by atoms with Gasteiger partial charge in [-0.25, -0.2) is 4.98 Å². The van der Waals surface area contributed by atoms with Gasteiger partial charge in [-0.05, 0) is 35.9 Å². The lowest BCUT2D eigenvalue weighted by Crippen LogP contribution is -2.47. The second-order valence-electron chi connectivity index (χ2n) is 6.33. The number of nitrogens with zero attached hydrogens (tertiary/aromatic N) is 2. The third kappa shape index (κ3) is 6.64. The molecule has 1 saturated heterocycles. The van der Waals surface area contributed by atoms with Gasteiger partial charge < -0.3 is 19.1 Å². The van der Waals surface area contributed by atoms with Gasteiger partial charge >= 0.3 is 6.36 Å². The molecule has 30 heavy (non-hydrogen) atoms. The van der Waals surface area contributed by atoms with E-state index in [9.17, 15) is 18.0 Å². The van der Waals surface area contributed by atoms with Crippen LogP contribution in [0.2, 0.25) is 5.15 Å². The quantitative estimate of drug-likeness (QED) is 0.500. The smallest absolute Gasteiger partial charge is 0.488 e. The molecule has 0 spiro atoms. The third-order valence-electron chi connectivity index (χ3n) is 4.11. The van der Waals surface area contributed by atoms with E-state index in [1.807, 2.05) is 0 Å². The number of carbonyl (C=O) groups is 1. The number of hydrogen-bond donors (Lipinski definition) is 0. The van der Waals surface area contributed by atoms with Crippen LogP contribution in [0, 0.1) is 0 Å². The van der Waals surface area contributed by atoms with E-state index < -0.39 is 6.36 Å². The standard InChI is InChI=1S/C20H18ClF3N2O4/c21-19-17(5-2-8-25-19)29-13-16-12-26(9-10-28-16)18(27)7-6-14-3-1-4-15(11-14)30-20(22,23)24/h1-8,11,16H,9-10,12-13H2/b7-6+. The number of aromatic nitrogens is 1. The molecule has 0 saturated carbocycles. The minimum atomic E-state index is -4.77. The summed E-state index contributed by atoms with van der Waals surface area (Å²) in [5, 5.41) is 0.237. The summed E-state index contributed by atoms with van der Waals surface area (Å²) >= 11 is 5.95. The Kier molecular flexibility index (Phi) is 7.17. The average molecular weight is 443 g/mol. The van der Waals surface area contributed by atoms with Crippen LogP contribution in [0.15, 0.2) is 48.7 Å². The molecular formula is C20H18ClF3N2O4. The highest BCUT2D eigenvalue weighted by Gasteiger charge is 2.31. The normalized spacial score (nSPS) is 17.2. The topological polar surface area (TPSA) is 60.9 Å². The maximum absolute atomic E-state index is 12.5. The van der Waals surface area contributed by atoms with Crippen molar-refractivity contribution >= 4 is 23.6 Å². The summed E-state index contributed by atoms with van der Waals surface area (Å²) in [4.78, 5) is 18.0. The van der Waals surface area contributed by atoms with Crippen molar-refractivity contribution in [3.8, 4) is 11.5 Å². The third-order valence-corrected chi connectivity index (χ3v) is 4.39. The van der Waals surface area contributed by atoms with Crippen LogP contribution in [-0.4, -0.2) is 54.6 Å². The van der Waals surface area contributed by atoms with Crippen molar-refractivity contribution in [2.24, 2.45) is 0 Å². The fraction of sp³-hybridized carbons (Fsp3) is 0.300. The predicted molar refractivity (Wildman–Crippen MR) is 103 cm³/mol. The van der Waals surface area contributed by atoms with Gasteiger partial charge in [-0.1, -0.05) is 23.7 Å². The van der Waals surface area contributed by atoms with Gasteiger partial charge in [0.2, 0.25) is 5.91 Å². The summed E-state index contributed by atoms with van der Waals surface area (Å²) in [6, 6.07) is 8.74. The molecule has 0 radical (unpaired) electrons. The van der Waals surface area contributed by atoms with Gasteiger partial charge in [0.05, 0.1) is 13.2 Å². The van der Waals surface area contributed by atoms with Crippen LogP contribution in [0.4, 0.5) is 13.2 Å². The zero-order valence-electron chi connectivity index (χ0n) is 15.6. The van der Waals surface area contributed by atoms with Crippen molar-refractivity contribution in [3.63, 3.8) is 0 Å². The zero-order chi connectivity index (χ0) is 21.6. The van der Waals surface area contributed by atoms with Crippen LogP contribution >= 0.6 is 11.6 Å². The number of pyridine rings is 1. The molecular weight excluding hydrogens is 425 g/mol. The Labute approximate surface area is 175 Å². The molecule has 160 valence electrons. The highest BCUT2D eigenvalue weighted by atomic mass is 35.5. The first kappa shape index (κ1) is 21.9. The van der Waals surface area contributed by atoms with Gasteiger partial charge in [-0.3, -0.25) is 4.79 Å². The lowest BCUT2D eigenvalue weighted by atomic mass is 10.2. The minimum Gasteiger partial charge on any atom is -0.488 e. The Balaban J connectivity index is 1.55. The van der Waals surface area contributed by atoms with E-state index in [-0.39, 0.29) is 29.5 Å². The summed E-state index contributed by atoms with van der Waals surface area (Å²) in [6.07, 6.45) is -0.848. The first-order valence-corrected chi connectivity index (χ1v) is 9.36. The number of morpholine rings is 1. The van der Waals surface area contributed by atoms with Gasteiger partial charge in [0.25, 0.3) is 0 Å². The van der Waals surface area contributed by atoms with Crippen LogP contribution < -0.4 is 9.47 Å². The van der Waals surface area contributed by atoms with Gasteiger partial charge in [0.15, 0.2) is 10.9 Å². The predicted octanol–water partition coefficient (Wildman–Crippen LogP) is 3.95. The first-order chi connectivity index (χ1) is 14.3. The molecule has 3 rings (SSSR count). The molecule has 2 aromatic rings. The maximum atomic E-state index is 12.5. The summed E-state index contributed by atoms with van der Waals surface area (Å²) in [5.74, 6) is -0.216. The number of benzene rings is 1. The van der Waals surface area contributed by atoms with Gasteiger partial charge in [-0.15, -0.1) is 13.2 Å². The zero-order valence-corrected chi connectivity index (χ0v) is 16.4. The molecule has 0 aliphatic carbocycles. The molecule has 2 heterocycles. The van der Waals surface area contributed by atoms with Crippen molar-refractivity contribution in [3.05, 3.63) is 59.4 Å².